The van der Waals surface area contributed by atoms with E-state index in [4.69, 9.17) is 0 Å². The van der Waals surface area contributed by atoms with Crippen molar-refractivity contribution in [3.05, 3.63) is 0 Å². The maximum Gasteiger partial charge on any atom is 0.329 e. The molecule has 5 heteroatoms. The average molecular weight is 254 g/mol. The third kappa shape index (κ3) is 2.06. The zero-order valence-corrected chi connectivity index (χ0v) is 11.2. The van der Waals surface area contributed by atoms with Crippen LogP contribution < -0.4 is 0 Å². The smallest absolute Gasteiger partial charge is 0.329 e. The maximum atomic E-state index is 12.5. The van der Waals surface area contributed by atoms with E-state index in [9.17, 15) is 14.7 Å². The number of carboxylic acids is 1. The number of urea groups is 1. The van der Waals surface area contributed by atoms with Gasteiger partial charge in [-0.2, -0.15) is 0 Å². The molecule has 2 atom stereocenters. The number of amides is 2. The van der Waals surface area contributed by atoms with Crippen LogP contribution in [0.25, 0.3) is 0 Å². The maximum absolute atomic E-state index is 12.5. The van der Waals surface area contributed by atoms with E-state index in [0.717, 1.165) is 32.2 Å². The van der Waals surface area contributed by atoms with Gasteiger partial charge in [-0.3, -0.25) is 0 Å². The molecule has 0 aliphatic carbocycles. The lowest BCUT2D eigenvalue weighted by atomic mass is 9.99. The van der Waals surface area contributed by atoms with Gasteiger partial charge in [0, 0.05) is 19.1 Å². The van der Waals surface area contributed by atoms with Crippen molar-refractivity contribution in [2.45, 2.75) is 57.5 Å². The van der Waals surface area contributed by atoms with Crippen LogP contribution in [0.15, 0.2) is 0 Å². The first-order valence-electron chi connectivity index (χ1n) is 6.78. The Morgan fingerprint density at radius 3 is 2.56 bits per heavy atom. The van der Waals surface area contributed by atoms with E-state index in [1.807, 2.05) is 11.8 Å². The third-order valence-electron chi connectivity index (χ3n) is 4.38. The molecule has 0 saturated carbocycles. The first-order valence-corrected chi connectivity index (χ1v) is 6.78. The number of rotatable bonds is 1. The molecule has 1 N–H and O–H groups in total. The Hall–Kier alpha value is -1.26. The standard InChI is InChI=1S/C13H22N2O3/c1-10-6-3-4-8-14(10)12(18)15-9-5-7-13(15,2)11(16)17/h10H,3-9H2,1-2H3,(H,16,17). The molecule has 0 spiro atoms. The van der Waals surface area contributed by atoms with Crippen LogP contribution in [0.3, 0.4) is 0 Å². The van der Waals surface area contributed by atoms with Crippen LogP contribution in [0.1, 0.15) is 46.0 Å². The lowest BCUT2D eigenvalue weighted by Crippen LogP contribution is -2.57. The molecule has 2 unspecified atom stereocenters. The Labute approximate surface area is 108 Å². The van der Waals surface area contributed by atoms with Gasteiger partial charge >= 0.3 is 12.0 Å². The molecule has 2 saturated heterocycles. The molecule has 2 aliphatic rings. The van der Waals surface area contributed by atoms with E-state index < -0.39 is 11.5 Å². The van der Waals surface area contributed by atoms with Crippen molar-refractivity contribution >= 4 is 12.0 Å². The number of carboxylic acid groups (broad SMARTS) is 1. The van der Waals surface area contributed by atoms with Crippen LogP contribution in [-0.2, 0) is 4.79 Å². The largest absolute Gasteiger partial charge is 0.480 e. The number of hydrogen-bond donors (Lipinski definition) is 1. The summed E-state index contributed by atoms with van der Waals surface area (Å²) < 4.78 is 0. The Kier molecular flexibility index (Phi) is 3.50. The summed E-state index contributed by atoms with van der Waals surface area (Å²) in [7, 11) is 0. The van der Waals surface area contributed by atoms with E-state index in [0.29, 0.717) is 13.0 Å². The minimum Gasteiger partial charge on any atom is -0.480 e. The second kappa shape index (κ2) is 4.78. The second-order valence-corrected chi connectivity index (χ2v) is 5.65. The van der Waals surface area contributed by atoms with Gasteiger partial charge in [0.05, 0.1) is 0 Å². The quantitative estimate of drug-likeness (QED) is 0.777. The zero-order valence-electron chi connectivity index (χ0n) is 11.2. The Bertz CT molecular complexity index is 358. The van der Waals surface area contributed by atoms with Gasteiger partial charge in [0.25, 0.3) is 0 Å². The molecular weight excluding hydrogens is 232 g/mol. The van der Waals surface area contributed by atoms with Crippen LogP contribution in [-0.4, -0.2) is 51.6 Å². The molecule has 5 nitrogen and oxygen atoms in total. The molecule has 102 valence electrons. The fourth-order valence-electron chi connectivity index (χ4n) is 3.03. The van der Waals surface area contributed by atoms with Crippen LogP contribution in [0.5, 0.6) is 0 Å². The van der Waals surface area contributed by atoms with Crippen molar-refractivity contribution in [3.8, 4) is 0 Å². The van der Waals surface area contributed by atoms with Crippen molar-refractivity contribution < 1.29 is 14.7 Å². The molecule has 2 aliphatic heterocycles. The van der Waals surface area contributed by atoms with Crippen molar-refractivity contribution in [1.82, 2.24) is 9.80 Å². The van der Waals surface area contributed by atoms with E-state index in [1.54, 1.807) is 11.8 Å². The lowest BCUT2D eigenvalue weighted by molar-refractivity contribution is -0.147. The second-order valence-electron chi connectivity index (χ2n) is 5.65. The Morgan fingerprint density at radius 1 is 1.22 bits per heavy atom. The van der Waals surface area contributed by atoms with E-state index in [1.165, 1.54) is 0 Å². The van der Waals surface area contributed by atoms with Crippen molar-refractivity contribution in [1.29, 1.82) is 0 Å². The molecule has 0 aromatic carbocycles. The van der Waals surface area contributed by atoms with Gasteiger partial charge in [0.15, 0.2) is 0 Å². The molecule has 0 radical (unpaired) electrons. The number of piperidine rings is 1. The van der Waals surface area contributed by atoms with E-state index in [-0.39, 0.29) is 12.1 Å². The number of carbonyl (C=O) groups is 2. The highest BCUT2D eigenvalue weighted by atomic mass is 16.4. The molecule has 2 rings (SSSR count). The Morgan fingerprint density at radius 2 is 1.94 bits per heavy atom. The lowest BCUT2D eigenvalue weighted by Gasteiger charge is -2.40. The molecular formula is C13H22N2O3. The molecule has 0 bridgehead atoms. The first-order chi connectivity index (χ1) is 8.47. The molecule has 18 heavy (non-hydrogen) atoms. The predicted octanol–water partition coefficient (Wildman–Crippen LogP) is 1.92. The summed E-state index contributed by atoms with van der Waals surface area (Å²) in [6, 6.07) is 0.134. The highest BCUT2D eigenvalue weighted by Crippen LogP contribution is 2.31. The minimum absolute atomic E-state index is 0.0930. The fourth-order valence-corrected chi connectivity index (χ4v) is 3.03. The van der Waals surface area contributed by atoms with Crippen molar-refractivity contribution in [2.24, 2.45) is 0 Å². The SMILES string of the molecule is CC1CCCCN1C(=O)N1CCCC1(C)C(=O)O. The number of nitrogens with zero attached hydrogens (tertiary/aromatic N) is 2. The molecule has 2 amide bonds. The molecule has 2 heterocycles. The normalized spacial score (nSPS) is 32.7. The summed E-state index contributed by atoms with van der Waals surface area (Å²) in [5.74, 6) is -0.891. The van der Waals surface area contributed by atoms with Crippen LogP contribution in [0.2, 0.25) is 0 Å². The summed E-state index contributed by atoms with van der Waals surface area (Å²) in [6.45, 7) is 5.02. The van der Waals surface area contributed by atoms with Crippen molar-refractivity contribution in [3.63, 3.8) is 0 Å². The van der Waals surface area contributed by atoms with Gasteiger partial charge in [-0.05, 0) is 46.0 Å². The zero-order chi connectivity index (χ0) is 13.3. The highest BCUT2D eigenvalue weighted by molar-refractivity contribution is 5.86. The monoisotopic (exact) mass is 254 g/mol. The molecule has 0 aromatic heterocycles. The minimum atomic E-state index is -1.02. The highest BCUT2D eigenvalue weighted by Gasteiger charge is 2.47. The summed E-state index contributed by atoms with van der Waals surface area (Å²) in [4.78, 5) is 27.3. The topological polar surface area (TPSA) is 60.9 Å². The fraction of sp³-hybridized carbons (Fsp3) is 0.846. The van der Waals surface area contributed by atoms with Gasteiger partial charge in [-0.25, -0.2) is 9.59 Å². The summed E-state index contributed by atoms with van der Waals surface area (Å²) in [5, 5.41) is 9.34. The summed E-state index contributed by atoms with van der Waals surface area (Å²) >= 11 is 0. The van der Waals surface area contributed by atoms with Gasteiger partial charge in [0.2, 0.25) is 0 Å². The van der Waals surface area contributed by atoms with Crippen LogP contribution >= 0.6 is 0 Å². The molecule has 2 fully saturated rings. The van der Waals surface area contributed by atoms with Gasteiger partial charge in [-0.15, -0.1) is 0 Å². The van der Waals surface area contributed by atoms with E-state index >= 15 is 0 Å². The third-order valence-corrected chi connectivity index (χ3v) is 4.38. The van der Waals surface area contributed by atoms with Crippen molar-refractivity contribution in [2.75, 3.05) is 13.1 Å². The number of hydrogen-bond acceptors (Lipinski definition) is 2. The average Bonchev–Trinajstić information content (AvgIpc) is 2.72. The van der Waals surface area contributed by atoms with Gasteiger partial charge < -0.3 is 14.9 Å². The van der Waals surface area contributed by atoms with Gasteiger partial charge in [0.1, 0.15) is 5.54 Å². The Balaban J connectivity index is 2.15. The number of carbonyl (C=O) groups excluding carboxylic acids is 1. The van der Waals surface area contributed by atoms with Crippen LogP contribution in [0.4, 0.5) is 4.79 Å². The summed E-state index contributed by atoms with van der Waals surface area (Å²) in [6.07, 6.45) is 4.52. The number of likely N-dealkylation sites (tertiary alicyclic amines) is 2. The first kappa shape index (κ1) is 13.2. The van der Waals surface area contributed by atoms with Crippen LogP contribution in [0, 0.1) is 0 Å². The predicted molar refractivity (Wildman–Crippen MR) is 67.4 cm³/mol. The number of aliphatic carboxylic acids is 1. The van der Waals surface area contributed by atoms with E-state index in [2.05, 4.69) is 0 Å². The van der Waals surface area contributed by atoms with Gasteiger partial charge in [-0.1, -0.05) is 0 Å². The molecule has 0 aromatic rings. The summed E-state index contributed by atoms with van der Waals surface area (Å²) in [5.41, 5.74) is -1.02.